The normalized spacial score (nSPS) is 9.74. The fraction of sp³-hybridized carbons (Fsp3) is 0. The maximum Gasteiger partial charge on any atom is 0.276 e. The van der Waals surface area contributed by atoms with Crippen molar-refractivity contribution in [3.05, 3.63) is 51.8 Å². The first-order valence-electron chi connectivity index (χ1n) is 5.10. The van der Waals surface area contributed by atoms with Gasteiger partial charge in [0, 0.05) is 5.69 Å². The largest absolute Gasteiger partial charge is 0.321 e. The van der Waals surface area contributed by atoms with Gasteiger partial charge in [-0.25, -0.2) is 0 Å². The van der Waals surface area contributed by atoms with Crippen LogP contribution in [0.15, 0.2) is 30.3 Å². The van der Waals surface area contributed by atoms with Crippen molar-refractivity contribution in [2.24, 2.45) is 0 Å². The van der Waals surface area contributed by atoms with Crippen LogP contribution in [0.1, 0.15) is 16.1 Å². The molecule has 1 aromatic heterocycles. The lowest BCUT2D eigenvalue weighted by atomic mass is 10.2. The lowest BCUT2D eigenvalue weighted by Crippen LogP contribution is -2.14. The molecule has 2 rings (SSSR count). The smallest absolute Gasteiger partial charge is 0.276 e. The molecule has 0 saturated carbocycles. The maximum absolute atomic E-state index is 11.8. The highest BCUT2D eigenvalue weighted by Crippen LogP contribution is 2.20. The minimum absolute atomic E-state index is 0.123. The molecule has 5 nitrogen and oxygen atoms in total. The van der Waals surface area contributed by atoms with Gasteiger partial charge < -0.3 is 5.32 Å². The van der Waals surface area contributed by atoms with Crippen molar-refractivity contribution in [2.45, 2.75) is 0 Å². The monoisotopic (exact) mass is 292 g/mol. The lowest BCUT2D eigenvalue weighted by molar-refractivity contribution is 0.102. The van der Waals surface area contributed by atoms with E-state index in [1.807, 2.05) is 6.07 Å². The molecule has 1 amide bonds. The summed E-state index contributed by atoms with van der Waals surface area (Å²) in [7, 11) is 0. The molecule has 0 bridgehead atoms. The number of nitriles is 1. The molecule has 0 atom stereocenters. The van der Waals surface area contributed by atoms with Gasteiger partial charge >= 0.3 is 0 Å². The first kappa shape index (κ1) is 13.3. The Morgan fingerprint density at radius 3 is 2.63 bits per heavy atom. The van der Waals surface area contributed by atoms with E-state index in [0.29, 0.717) is 10.7 Å². The number of aromatic nitrogens is 2. The van der Waals surface area contributed by atoms with Crippen LogP contribution in [-0.4, -0.2) is 16.1 Å². The minimum atomic E-state index is -0.449. The first-order chi connectivity index (χ1) is 9.10. The Morgan fingerprint density at radius 1 is 1.21 bits per heavy atom. The second-order valence-electron chi connectivity index (χ2n) is 3.50. The summed E-state index contributed by atoms with van der Waals surface area (Å²) in [4.78, 5) is 11.8. The predicted octanol–water partition coefficient (Wildman–Crippen LogP) is 2.91. The van der Waals surface area contributed by atoms with E-state index in [4.69, 9.17) is 28.5 Å². The Kier molecular flexibility index (Phi) is 3.95. The second kappa shape index (κ2) is 5.65. The predicted molar refractivity (Wildman–Crippen MR) is 71.2 cm³/mol. The van der Waals surface area contributed by atoms with E-state index in [-0.39, 0.29) is 16.4 Å². The third-order valence-electron chi connectivity index (χ3n) is 2.21. The quantitative estimate of drug-likeness (QED) is 0.923. The van der Waals surface area contributed by atoms with Gasteiger partial charge in [-0.2, -0.15) is 5.26 Å². The number of halogens is 2. The van der Waals surface area contributed by atoms with Crippen molar-refractivity contribution in [1.29, 1.82) is 5.26 Å². The fourth-order valence-corrected chi connectivity index (χ4v) is 1.58. The van der Waals surface area contributed by atoms with Crippen LogP contribution in [0.25, 0.3) is 0 Å². The number of carbonyl (C=O) groups is 1. The zero-order valence-electron chi connectivity index (χ0n) is 9.39. The van der Waals surface area contributed by atoms with Crippen molar-refractivity contribution in [3.63, 3.8) is 0 Å². The second-order valence-corrected chi connectivity index (χ2v) is 4.30. The lowest BCUT2D eigenvalue weighted by Gasteiger charge is -2.05. The molecule has 94 valence electrons. The molecular weight excluding hydrogens is 287 g/mol. The van der Waals surface area contributed by atoms with Gasteiger partial charge in [0.15, 0.2) is 10.8 Å². The van der Waals surface area contributed by atoms with Gasteiger partial charge in [0.25, 0.3) is 5.91 Å². The highest BCUT2D eigenvalue weighted by molar-refractivity contribution is 6.31. The van der Waals surface area contributed by atoms with Gasteiger partial charge in [0.05, 0.1) is 10.6 Å². The van der Waals surface area contributed by atoms with Crippen molar-refractivity contribution >= 4 is 34.8 Å². The summed E-state index contributed by atoms with van der Waals surface area (Å²) >= 11 is 11.4. The molecule has 0 unspecified atom stereocenters. The zero-order valence-corrected chi connectivity index (χ0v) is 10.9. The van der Waals surface area contributed by atoms with Crippen molar-refractivity contribution in [3.8, 4) is 6.07 Å². The van der Waals surface area contributed by atoms with Gasteiger partial charge in [-0.15, -0.1) is 10.2 Å². The summed E-state index contributed by atoms with van der Waals surface area (Å²) in [5, 5.41) is 19.2. The summed E-state index contributed by atoms with van der Waals surface area (Å²) < 4.78 is 0. The van der Waals surface area contributed by atoms with Crippen molar-refractivity contribution < 1.29 is 4.79 Å². The number of rotatable bonds is 2. The Balaban J connectivity index is 2.20. The maximum atomic E-state index is 11.8. The average Bonchev–Trinajstić information content (AvgIpc) is 2.41. The number of hydrogen-bond donors (Lipinski definition) is 1. The Bertz CT molecular complexity index is 664. The third-order valence-corrected chi connectivity index (χ3v) is 2.74. The van der Waals surface area contributed by atoms with Crippen molar-refractivity contribution in [2.75, 3.05) is 5.32 Å². The van der Waals surface area contributed by atoms with E-state index in [0.717, 1.165) is 0 Å². The van der Waals surface area contributed by atoms with Crippen molar-refractivity contribution in [1.82, 2.24) is 10.2 Å². The first-order valence-corrected chi connectivity index (χ1v) is 5.86. The SMILES string of the molecule is N#Cc1cc(NC(=O)c2ccc(Cl)nn2)ccc1Cl. The molecule has 0 radical (unpaired) electrons. The van der Waals surface area contributed by atoms with E-state index in [9.17, 15) is 4.79 Å². The number of benzene rings is 1. The topological polar surface area (TPSA) is 78.7 Å². The molecule has 0 aliphatic carbocycles. The van der Waals surface area contributed by atoms with E-state index < -0.39 is 5.91 Å². The highest BCUT2D eigenvalue weighted by Gasteiger charge is 2.09. The molecule has 7 heteroatoms. The van der Waals surface area contributed by atoms with Crippen LogP contribution in [0, 0.1) is 11.3 Å². The number of carbonyl (C=O) groups excluding carboxylic acids is 1. The minimum Gasteiger partial charge on any atom is -0.321 e. The number of anilines is 1. The number of amides is 1. The highest BCUT2D eigenvalue weighted by atomic mass is 35.5. The molecule has 1 aromatic carbocycles. The molecule has 0 spiro atoms. The summed E-state index contributed by atoms with van der Waals surface area (Å²) in [6.45, 7) is 0. The Morgan fingerprint density at radius 2 is 2.00 bits per heavy atom. The molecule has 2 aromatic rings. The molecule has 1 heterocycles. The summed E-state index contributed by atoms with van der Waals surface area (Å²) in [5.41, 5.74) is 0.849. The molecule has 0 fully saturated rings. The van der Waals surface area contributed by atoms with Gasteiger partial charge in [0.2, 0.25) is 0 Å². The summed E-state index contributed by atoms with van der Waals surface area (Å²) in [6, 6.07) is 9.44. The van der Waals surface area contributed by atoms with E-state index in [1.54, 1.807) is 6.07 Å². The molecular formula is C12H6Cl2N4O. The van der Waals surface area contributed by atoms with Gasteiger partial charge in [-0.1, -0.05) is 23.2 Å². The van der Waals surface area contributed by atoms with Crippen LogP contribution >= 0.6 is 23.2 Å². The Labute approximate surface area is 118 Å². The van der Waals surface area contributed by atoms with Gasteiger partial charge in [-0.3, -0.25) is 4.79 Å². The van der Waals surface area contributed by atoms with Crippen LogP contribution in [0.2, 0.25) is 10.2 Å². The van der Waals surface area contributed by atoms with E-state index >= 15 is 0 Å². The molecule has 0 saturated heterocycles. The Hall–Kier alpha value is -2.16. The zero-order chi connectivity index (χ0) is 13.8. The van der Waals surface area contributed by atoms with Crippen LogP contribution < -0.4 is 5.32 Å². The van der Waals surface area contributed by atoms with E-state index in [2.05, 4.69) is 15.5 Å². The summed E-state index contributed by atoms with van der Waals surface area (Å²) in [5.74, 6) is -0.449. The fourth-order valence-electron chi connectivity index (χ4n) is 1.32. The van der Waals surface area contributed by atoms with Gasteiger partial charge in [-0.05, 0) is 30.3 Å². The summed E-state index contributed by atoms with van der Waals surface area (Å²) in [6.07, 6.45) is 0. The third kappa shape index (κ3) is 3.19. The number of hydrogen-bond acceptors (Lipinski definition) is 4. The van der Waals surface area contributed by atoms with Crippen LogP contribution in [0.3, 0.4) is 0 Å². The number of nitrogens with one attached hydrogen (secondary N) is 1. The standard InChI is InChI=1S/C12H6Cl2N4O/c13-9-2-1-8(5-7(9)6-15)16-12(19)10-3-4-11(14)18-17-10/h1-5H,(H,16,19). The van der Waals surface area contributed by atoms with Gasteiger partial charge in [0.1, 0.15) is 6.07 Å². The average molecular weight is 293 g/mol. The molecule has 1 N–H and O–H groups in total. The number of nitrogens with zero attached hydrogens (tertiary/aromatic N) is 3. The van der Waals surface area contributed by atoms with Crippen LogP contribution in [-0.2, 0) is 0 Å². The van der Waals surface area contributed by atoms with E-state index in [1.165, 1.54) is 24.3 Å². The molecule has 0 aliphatic heterocycles. The van der Waals surface area contributed by atoms with Crippen LogP contribution in [0.5, 0.6) is 0 Å². The molecule has 19 heavy (non-hydrogen) atoms. The van der Waals surface area contributed by atoms with Crippen LogP contribution in [0.4, 0.5) is 5.69 Å². The molecule has 0 aliphatic rings.